The van der Waals surface area contributed by atoms with Crippen molar-refractivity contribution in [1.82, 2.24) is 0 Å². The lowest BCUT2D eigenvalue weighted by Gasteiger charge is -2.24. The molecule has 0 spiro atoms. The van der Waals surface area contributed by atoms with Gasteiger partial charge in [-0.2, -0.15) is 5.26 Å². The molecule has 1 aromatic carbocycles. The van der Waals surface area contributed by atoms with Gasteiger partial charge in [-0.3, -0.25) is 4.72 Å². The van der Waals surface area contributed by atoms with Crippen molar-refractivity contribution in [2.45, 2.75) is 26.7 Å². The summed E-state index contributed by atoms with van der Waals surface area (Å²) in [7, 11) is -3.53. The predicted octanol–water partition coefficient (Wildman–Crippen LogP) is 2.94. The highest BCUT2D eigenvalue weighted by atomic mass is 32.2. The van der Waals surface area contributed by atoms with Crippen molar-refractivity contribution in [1.29, 1.82) is 5.26 Å². The van der Waals surface area contributed by atoms with Gasteiger partial charge in [0.2, 0.25) is 10.0 Å². The number of halogens is 1. The SMILES string of the molecule is CC(C)(CCC#N)CNc1ccc(F)c(NS(C)(=O)=O)c1. The second-order valence-electron chi connectivity index (χ2n) is 5.74. The maximum atomic E-state index is 13.5. The van der Waals surface area contributed by atoms with Crippen LogP contribution in [0.5, 0.6) is 0 Å². The van der Waals surface area contributed by atoms with E-state index < -0.39 is 15.8 Å². The van der Waals surface area contributed by atoms with Crippen LogP contribution < -0.4 is 10.0 Å². The van der Waals surface area contributed by atoms with Crippen LogP contribution in [0.1, 0.15) is 26.7 Å². The Morgan fingerprint density at radius 1 is 1.38 bits per heavy atom. The number of hydrogen-bond acceptors (Lipinski definition) is 4. The number of rotatable bonds is 7. The van der Waals surface area contributed by atoms with Gasteiger partial charge in [-0.1, -0.05) is 13.8 Å². The molecule has 0 amide bonds. The Bertz CT molecular complexity index is 636. The fraction of sp³-hybridized carbons (Fsp3) is 0.500. The summed E-state index contributed by atoms with van der Waals surface area (Å²) in [6, 6.07) is 6.27. The Hall–Kier alpha value is -1.81. The van der Waals surface area contributed by atoms with E-state index in [1.54, 1.807) is 6.07 Å². The van der Waals surface area contributed by atoms with Crippen molar-refractivity contribution < 1.29 is 12.8 Å². The number of nitrogens with one attached hydrogen (secondary N) is 2. The van der Waals surface area contributed by atoms with Crippen LogP contribution in [0.25, 0.3) is 0 Å². The predicted molar refractivity (Wildman–Crippen MR) is 82.0 cm³/mol. The molecule has 0 aliphatic heterocycles. The molecule has 0 radical (unpaired) electrons. The molecule has 0 saturated carbocycles. The van der Waals surface area contributed by atoms with Gasteiger partial charge in [0.15, 0.2) is 0 Å². The molecular formula is C14H20FN3O2S. The van der Waals surface area contributed by atoms with Crippen LogP contribution in [-0.2, 0) is 10.0 Å². The topological polar surface area (TPSA) is 82.0 Å². The first-order valence-corrected chi connectivity index (χ1v) is 8.40. The second-order valence-corrected chi connectivity index (χ2v) is 7.49. The van der Waals surface area contributed by atoms with Gasteiger partial charge in [0.05, 0.1) is 18.0 Å². The minimum atomic E-state index is -3.53. The summed E-state index contributed by atoms with van der Waals surface area (Å²) in [5.74, 6) is -0.630. The van der Waals surface area contributed by atoms with Crippen molar-refractivity contribution in [3.05, 3.63) is 24.0 Å². The summed E-state index contributed by atoms with van der Waals surface area (Å²) in [5, 5.41) is 11.7. The molecule has 0 aliphatic carbocycles. The van der Waals surface area contributed by atoms with E-state index in [0.717, 1.165) is 12.7 Å². The van der Waals surface area contributed by atoms with Crippen molar-refractivity contribution >= 4 is 21.4 Å². The van der Waals surface area contributed by atoms with Gasteiger partial charge >= 0.3 is 0 Å². The van der Waals surface area contributed by atoms with E-state index in [9.17, 15) is 12.8 Å². The second kappa shape index (κ2) is 6.76. The van der Waals surface area contributed by atoms with E-state index >= 15 is 0 Å². The average Bonchev–Trinajstić information content (AvgIpc) is 2.36. The van der Waals surface area contributed by atoms with Crippen LogP contribution in [0, 0.1) is 22.6 Å². The maximum Gasteiger partial charge on any atom is 0.229 e. The van der Waals surface area contributed by atoms with Gasteiger partial charge in [-0.25, -0.2) is 12.8 Å². The van der Waals surface area contributed by atoms with Gasteiger partial charge in [0.25, 0.3) is 0 Å². The van der Waals surface area contributed by atoms with E-state index in [1.165, 1.54) is 12.1 Å². The number of nitrogens with zero attached hydrogens (tertiary/aromatic N) is 1. The van der Waals surface area contributed by atoms with Crippen molar-refractivity contribution in [2.75, 3.05) is 22.8 Å². The molecule has 5 nitrogen and oxygen atoms in total. The highest BCUT2D eigenvalue weighted by Gasteiger charge is 2.17. The molecule has 1 rings (SSSR count). The van der Waals surface area contributed by atoms with Crippen molar-refractivity contribution in [3.63, 3.8) is 0 Å². The van der Waals surface area contributed by atoms with Gasteiger partial charge in [-0.15, -0.1) is 0 Å². The summed E-state index contributed by atoms with van der Waals surface area (Å²) in [5.41, 5.74) is 0.444. The third-order valence-electron chi connectivity index (χ3n) is 2.95. The average molecular weight is 313 g/mol. The molecule has 0 aromatic heterocycles. The first-order valence-electron chi connectivity index (χ1n) is 6.51. The first kappa shape index (κ1) is 17.2. The van der Waals surface area contributed by atoms with E-state index in [-0.39, 0.29) is 11.1 Å². The zero-order valence-corrected chi connectivity index (χ0v) is 13.2. The molecule has 21 heavy (non-hydrogen) atoms. The van der Waals surface area contributed by atoms with Crippen LogP contribution in [0.4, 0.5) is 15.8 Å². The maximum absolute atomic E-state index is 13.5. The monoisotopic (exact) mass is 313 g/mol. The minimum absolute atomic E-state index is 0.0858. The number of benzene rings is 1. The molecule has 0 bridgehead atoms. The zero-order chi connectivity index (χ0) is 16.1. The third-order valence-corrected chi connectivity index (χ3v) is 3.54. The molecule has 116 valence electrons. The first-order chi connectivity index (χ1) is 9.63. The van der Waals surface area contributed by atoms with Crippen molar-refractivity contribution in [2.24, 2.45) is 5.41 Å². The molecule has 0 atom stereocenters. The largest absolute Gasteiger partial charge is 0.384 e. The van der Waals surface area contributed by atoms with E-state index in [0.29, 0.717) is 18.7 Å². The summed E-state index contributed by atoms with van der Waals surface area (Å²) >= 11 is 0. The Morgan fingerprint density at radius 3 is 2.62 bits per heavy atom. The van der Waals surface area contributed by atoms with Crippen molar-refractivity contribution in [3.8, 4) is 6.07 Å². The standard InChI is InChI=1S/C14H20FN3O2S/c1-14(2,7-4-8-16)10-17-11-5-6-12(15)13(9-11)18-21(3,19)20/h5-6,9,17-18H,4,7,10H2,1-3H3. The lowest BCUT2D eigenvalue weighted by Crippen LogP contribution is -2.23. The van der Waals surface area contributed by atoms with Crippen LogP contribution in [-0.4, -0.2) is 21.2 Å². The Kier molecular flexibility index (Phi) is 5.55. The molecule has 0 unspecified atom stereocenters. The number of sulfonamides is 1. The number of anilines is 2. The summed E-state index contributed by atoms with van der Waals surface area (Å²) in [6.45, 7) is 4.64. The molecule has 0 heterocycles. The summed E-state index contributed by atoms with van der Waals surface area (Å²) in [6.07, 6.45) is 2.18. The highest BCUT2D eigenvalue weighted by molar-refractivity contribution is 7.92. The van der Waals surface area contributed by atoms with Crippen LogP contribution in [0.15, 0.2) is 18.2 Å². The fourth-order valence-corrected chi connectivity index (χ4v) is 2.29. The van der Waals surface area contributed by atoms with Crippen LogP contribution in [0.3, 0.4) is 0 Å². The molecule has 1 aromatic rings. The highest BCUT2D eigenvalue weighted by Crippen LogP contribution is 2.25. The molecule has 0 saturated heterocycles. The normalized spacial score (nSPS) is 11.8. The lowest BCUT2D eigenvalue weighted by atomic mass is 9.88. The molecular weight excluding hydrogens is 293 g/mol. The van der Waals surface area contributed by atoms with E-state index in [2.05, 4.69) is 16.1 Å². The Morgan fingerprint density at radius 2 is 2.05 bits per heavy atom. The Balaban J connectivity index is 2.77. The van der Waals surface area contributed by atoms with Crippen LogP contribution in [0.2, 0.25) is 0 Å². The van der Waals surface area contributed by atoms with Gasteiger partial charge in [0, 0.05) is 18.7 Å². The van der Waals surface area contributed by atoms with E-state index in [1.807, 2.05) is 13.8 Å². The molecule has 2 N–H and O–H groups in total. The smallest absolute Gasteiger partial charge is 0.229 e. The summed E-state index contributed by atoms with van der Waals surface area (Å²) in [4.78, 5) is 0. The van der Waals surface area contributed by atoms with Crippen LogP contribution >= 0.6 is 0 Å². The molecule has 0 fully saturated rings. The number of hydrogen-bond donors (Lipinski definition) is 2. The Labute approximate surface area is 125 Å². The fourth-order valence-electron chi connectivity index (χ4n) is 1.74. The third kappa shape index (κ3) is 6.45. The minimum Gasteiger partial charge on any atom is -0.384 e. The number of nitriles is 1. The van der Waals surface area contributed by atoms with Gasteiger partial charge in [-0.05, 0) is 30.0 Å². The quantitative estimate of drug-likeness (QED) is 0.811. The zero-order valence-electron chi connectivity index (χ0n) is 12.4. The van der Waals surface area contributed by atoms with E-state index in [4.69, 9.17) is 5.26 Å². The van der Waals surface area contributed by atoms with Gasteiger partial charge in [0.1, 0.15) is 5.82 Å². The molecule has 7 heteroatoms. The van der Waals surface area contributed by atoms with Gasteiger partial charge < -0.3 is 5.32 Å². The summed E-state index contributed by atoms with van der Waals surface area (Å²) < 4.78 is 38.0. The molecule has 0 aliphatic rings. The lowest BCUT2D eigenvalue weighted by molar-refractivity contribution is 0.364.